The zero-order valence-corrected chi connectivity index (χ0v) is 14.6. The summed E-state index contributed by atoms with van der Waals surface area (Å²) in [4.78, 5) is 45.6. The molecular weight excluding hydrogens is 342 g/mol. The van der Waals surface area contributed by atoms with Crippen molar-refractivity contribution < 1.29 is 33.8 Å². The van der Waals surface area contributed by atoms with E-state index in [0.717, 1.165) is 7.11 Å². The van der Waals surface area contributed by atoms with Gasteiger partial charge in [0, 0.05) is 25.0 Å². The van der Waals surface area contributed by atoms with E-state index in [-0.39, 0.29) is 5.75 Å². The number of nitrogens with one attached hydrogen (secondary N) is 3. The second-order valence-corrected chi connectivity index (χ2v) is 5.66. The number of ether oxygens (including phenoxy) is 2. The standard InChI is InChI=1S/C13H23N3O7S/c1-8(18)15-10(7-24-5-4-14-13(21)23-3)11(19)16-9(6-17)12(20)22-2/h9-10,17H,4-7H2,1-3H3,(H,14,21)(H,15,18)(H,16,19). The average molecular weight is 365 g/mol. The first-order valence-corrected chi connectivity index (χ1v) is 8.16. The molecule has 0 bridgehead atoms. The second-order valence-electron chi connectivity index (χ2n) is 4.51. The molecule has 0 rings (SSSR count). The Morgan fingerprint density at radius 3 is 2.25 bits per heavy atom. The molecule has 0 saturated heterocycles. The molecule has 0 aliphatic rings. The van der Waals surface area contributed by atoms with Crippen LogP contribution in [0, 0.1) is 0 Å². The number of methoxy groups -OCH3 is 2. The minimum absolute atomic E-state index is 0.216. The van der Waals surface area contributed by atoms with Crippen LogP contribution in [0.15, 0.2) is 0 Å². The summed E-state index contributed by atoms with van der Waals surface area (Å²) in [7, 11) is 2.38. The van der Waals surface area contributed by atoms with Crippen LogP contribution in [0.3, 0.4) is 0 Å². The number of hydrogen-bond acceptors (Lipinski definition) is 8. The third-order valence-corrected chi connectivity index (χ3v) is 3.73. The SMILES string of the molecule is COC(=O)NCCSCC(NC(C)=O)C(=O)NC(CO)C(=O)OC. The summed E-state index contributed by atoms with van der Waals surface area (Å²) in [5.74, 6) is -1.13. The van der Waals surface area contributed by atoms with Crippen LogP contribution in [0.4, 0.5) is 4.79 Å². The molecule has 0 fully saturated rings. The molecule has 4 N–H and O–H groups in total. The van der Waals surface area contributed by atoms with Gasteiger partial charge in [-0.05, 0) is 0 Å². The normalized spacial score (nSPS) is 12.5. The van der Waals surface area contributed by atoms with Crippen molar-refractivity contribution in [2.24, 2.45) is 0 Å². The Balaban J connectivity index is 4.47. The number of amides is 3. The fourth-order valence-corrected chi connectivity index (χ4v) is 2.40. The Morgan fingerprint density at radius 1 is 1.08 bits per heavy atom. The minimum Gasteiger partial charge on any atom is -0.467 e. The zero-order chi connectivity index (χ0) is 18.5. The fraction of sp³-hybridized carbons (Fsp3) is 0.692. The predicted octanol–water partition coefficient (Wildman–Crippen LogP) is -1.77. The van der Waals surface area contributed by atoms with E-state index in [1.165, 1.54) is 25.8 Å². The number of hydrogen-bond donors (Lipinski definition) is 4. The van der Waals surface area contributed by atoms with Crippen LogP contribution in [-0.4, -0.2) is 79.9 Å². The molecule has 0 heterocycles. The molecule has 2 atom stereocenters. The van der Waals surface area contributed by atoms with Gasteiger partial charge in [0.05, 0.1) is 20.8 Å². The molecule has 11 heteroatoms. The lowest BCUT2D eigenvalue weighted by molar-refractivity contribution is -0.146. The van der Waals surface area contributed by atoms with Gasteiger partial charge in [0.25, 0.3) is 0 Å². The van der Waals surface area contributed by atoms with Gasteiger partial charge in [-0.1, -0.05) is 0 Å². The summed E-state index contributed by atoms with van der Waals surface area (Å²) in [5, 5.41) is 16.3. The van der Waals surface area contributed by atoms with E-state index in [4.69, 9.17) is 5.11 Å². The zero-order valence-electron chi connectivity index (χ0n) is 13.8. The van der Waals surface area contributed by atoms with E-state index in [1.807, 2.05) is 0 Å². The molecule has 2 unspecified atom stereocenters. The van der Waals surface area contributed by atoms with Crippen molar-refractivity contribution >= 4 is 35.6 Å². The Labute approximate surface area is 144 Å². The Hall–Kier alpha value is -2.01. The van der Waals surface area contributed by atoms with Crippen molar-refractivity contribution in [3.63, 3.8) is 0 Å². The van der Waals surface area contributed by atoms with Crippen molar-refractivity contribution in [1.82, 2.24) is 16.0 Å². The van der Waals surface area contributed by atoms with E-state index in [0.29, 0.717) is 12.3 Å². The maximum atomic E-state index is 12.1. The third kappa shape index (κ3) is 9.20. The molecule has 0 aliphatic carbocycles. The summed E-state index contributed by atoms with van der Waals surface area (Å²) in [5.41, 5.74) is 0. The minimum atomic E-state index is -1.20. The van der Waals surface area contributed by atoms with Crippen LogP contribution in [-0.2, 0) is 23.9 Å². The molecule has 0 saturated carbocycles. The van der Waals surface area contributed by atoms with Crippen LogP contribution < -0.4 is 16.0 Å². The van der Waals surface area contributed by atoms with E-state index < -0.39 is 42.6 Å². The highest BCUT2D eigenvalue weighted by molar-refractivity contribution is 7.99. The van der Waals surface area contributed by atoms with Gasteiger partial charge in [-0.15, -0.1) is 0 Å². The molecule has 0 aromatic rings. The number of carbonyl (C=O) groups is 4. The topological polar surface area (TPSA) is 143 Å². The highest BCUT2D eigenvalue weighted by Crippen LogP contribution is 2.03. The summed E-state index contributed by atoms with van der Waals surface area (Å²) in [6.07, 6.45) is -0.560. The largest absolute Gasteiger partial charge is 0.467 e. The fourth-order valence-electron chi connectivity index (χ4n) is 1.52. The monoisotopic (exact) mass is 365 g/mol. The van der Waals surface area contributed by atoms with Crippen molar-refractivity contribution in [2.45, 2.75) is 19.0 Å². The quantitative estimate of drug-likeness (QED) is 0.263. The number of thioether (sulfide) groups is 1. The highest BCUT2D eigenvalue weighted by atomic mass is 32.2. The van der Waals surface area contributed by atoms with E-state index >= 15 is 0 Å². The summed E-state index contributed by atoms with van der Waals surface area (Å²) in [6, 6.07) is -2.10. The van der Waals surface area contributed by atoms with Gasteiger partial charge in [-0.2, -0.15) is 11.8 Å². The number of carbonyl (C=O) groups excluding carboxylic acids is 4. The molecule has 10 nitrogen and oxygen atoms in total. The summed E-state index contributed by atoms with van der Waals surface area (Å²) < 4.78 is 8.86. The van der Waals surface area contributed by atoms with Crippen molar-refractivity contribution in [3.8, 4) is 0 Å². The number of rotatable bonds is 10. The van der Waals surface area contributed by atoms with Crippen LogP contribution in [0.2, 0.25) is 0 Å². The molecule has 0 aromatic carbocycles. The van der Waals surface area contributed by atoms with Gasteiger partial charge >= 0.3 is 12.1 Å². The van der Waals surface area contributed by atoms with Crippen LogP contribution >= 0.6 is 11.8 Å². The maximum absolute atomic E-state index is 12.1. The molecule has 0 spiro atoms. The molecule has 3 amide bonds. The molecule has 24 heavy (non-hydrogen) atoms. The number of aliphatic hydroxyl groups is 1. The Morgan fingerprint density at radius 2 is 1.75 bits per heavy atom. The number of esters is 1. The van der Waals surface area contributed by atoms with E-state index in [9.17, 15) is 19.2 Å². The van der Waals surface area contributed by atoms with Gasteiger partial charge < -0.3 is 30.5 Å². The average Bonchev–Trinajstić information content (AvgIpc) is 2.56. The maximum Gasteiger partial charge on any atom is 0.406 e. The van der Waals surface area contributed by atoms with Gasteiger partial charge in [0.15, 0.2) is 6.04 Å². The smallest absolute Gasteiger partial charge is 0.406 e. The van der Waals surface area contributed by atoms with Crippen LogP contribution in [0.1, 0.15) is 6.92 Å². The first kappa shape index (κ1) is 22.0. The van der Waals surface area contributed by atoms with E-state index in [1.54, 1.807) is 0 Å². The van der Waals surface area contributed by atoms with Crippen molar-refractivity contribution in [1.29, 1.82) is 0 Å². The first-order chi connectivity index (χ1) is 11.3. The molecule has 0 aliphatic heterocycles. The van der Waals surface area contributed by atoms with Crippen LogP contribution in [0.25, 0.3) is 0 Å². The van der Waals surface area contributed by atoms with Gasteiger partial charge in [-0.25, -0.2) is 9.59 Å². The first-order valence-electron chi connectivity index (χ1n) is 7.01. The Kier molecular flexibility index (Phi) is 11.4. The lowest BCUT2D eigenvalue weighted by atomic mass is 10.2. The van der Waals surface area contributed by atoms with Gasteiger partial charge in [0.2, 0.25) is 11.8 Å². The van der Waals surface area contributed by atoms with Crippen molar-refractivity contribution in [3.05, 3.63) is 0 Å². The lowest BCUT2D eigenvalue weighted by Crippen LogP contribution is -2.53. The van der Waals surface area contributed by atoms with Crippen molar-refractivity contribution in [2.75, 3.05) is 38.9 Å². The third-order valence-electron chi connectivity index (χ3n) is 2.66. The molecule has 0 aromatic heterocycles. The summed E-state index contributed by atoms with van der Waals surface area (Å²) >= 11 is 1.31. The summed E-state index contributed by atoms with van der Waals surface area (Å²) in [6.45, 7) is 0.960. The Bertz CT molecular complexity index is 447. The molecule has 138 valence electrons. The lowest BCUT2D eigenvalue weighted by Gasteiger charge is -2.20. The van der Waals surface area contributed by atoms with Gasteiger partial charge in [0.1, 0.15) is 6.04 Å². The van der Waals surface area contributed by atoms with E-state index in [2.05, 4.69) is 25.4 Å². The van der Waals surface area contributed by atoms with Gasteiger partial charge in [-0.3, -0.25) is 9.59 Å². The second kappa shape index (κ2) is 12.4. The van der Waals surface area contributed by atoms with Crippen LogP contribution in [0.5, 0.6) is 0 Å². The number of alkyl carbamates (subject to hydrolysis) is 1. The molecular formula is C13H23N3O7S. The molecule has 0 radical (unpaired) electrons. The highest BCUT2D eigenvalue weighted by Gasteiger charge is 2.26. The number of aliphatic hydroxyl groups excluding tert-OH is 1. The predicted molar refractivity (Wildman–Crippen MR) is 86.4 cm³/mol.